The van der Waals surface area contributed by atoms with Crippen LogP contribution in [-0.2, 0) is 20.8 Å². The predicted molar refractivity (Wildman–Crippen MR) is 74.4 cm³/mol. The summed E-state index contributed by atoms with van der Waals surface area (Å²) in [6.07, 6.45) is 0.379. The van der Waals surface area contributed by atoms with Crippen LogP contribution in [-0.4, -0.2) is 44.8 Å². The maximum atomic E-state index is 11.2. The lowest BCUT2D eigenvalue weighted by Gasteiger charge is -2.15. The van der Waals surface area contributed by atoms with Crippen LogP contribution in [0.2, 0.25) is 0 Å². The van der Waals surface area contributed by atoms with Crippen molar-refractivity contribution in [1.29, 1.82) is 0 Å². The monoisotopic (exact) mass is 296 g/mol. The van der Waals surface area contributed by atoms with Gasteiger partial charge in [0, 0.05) is 24.5 Å². The van der Waals surface area contributed by atoms with E-state index in [2.05, 4.69) is 10.0 Å². The van der Waals surface area contributed by atoms with Crippen LogP contribution in [0.25, 0.3) is 10.4 Å². The molecule has 0 aliphatic carbocycles. The first-order valence-electron chi connectivity index (χ1n) is 6.16. The van der Waals surface area contributed by atoms with Crippen LogP contribution in [0.3, 0.4) is 0 Å². The molecule has 0 aromatic heterocycles. The third-order valence-corrected chi connectivity index (χ3v) is 3.66. The molecule has 1 saturated heterocycles. The number of rotatable bonds is 5. The van der Waals surface area contributed by atoms with Crippen molar-refractivity contribution in [1.82, 2.24) is 4.90 Å². The van der Waals surface area contributed by atoms with Crippen molar-refractivity contribution in [2.24, 2.45) is 5.11 Å². The zero-order chi connectivity index (χ0) is 14.6. The minimum absolute atomic E-state index is 0.422. The zero-order valence-corrected chi connectivity index (χ0v) is 11.9. The van der Waals surface area contributed by atoms with Gasteiger partial charge in [0.2, 0.25) is 0 Å². The Kier molecular flexibility index (Phi) is 4.61. The molecule has 108 valence electrons. The lowest BCUT2D eigenvalue weighted by molar-refractivity contribution is 0.197. The third-order valence-electron chi connectivity index (χ3n) is 3.06. The second-order valence-electron chi connectivity index (χ2n) is 4.79. The van der Waals surface area contributed by atoms with E-state index in [4.69, 9.17) is 9.71 Å². The Hall–Kier alpha value is -1.60. The van der Waals surface area contributed by atoms with Crippen LogP contribution in [0.1, 0.15) is 5.56 Å². The molecule has 1 aliphatic rings. The molecule has 0 N–H and O–H groups in total. The molecule has 0 spiro atoms. The minimum atomic E-state index is -3.57. The maximum absolute atomic E-state index is 11.2. The smallest absolute Gasteiger partial charge is 0.264 e. The molecule has 0 radical (unpaired) electrons. The van der Waals surface area contributed by atoms with E-state index in [0.29, 0.717) is 19.6 Å². The number of azide groups is 1. The Bertz CT molecular complexity index is 598. The molecule has 2 rings (SSSR count). The molecule has 1 aliphatic heterocycles. The van der Waals surface area contributed by atoms with Crippen LogP contribution < -0.4 is 0 Å². The summed E-state index contributed by atoms with van der Waals surface area (Å²) in [4.78, 5) is 4.78. The Morgan fingerprint density at radius 2 is 2.10 bits per heavy atom. The fourth-order valence-corrected chi connectivity index (χ4v) is 2.94. The summed E-state index contributed by atoms with van der Waals surface area (Å²) in [5, 5.41) is 3.63. The second kappa shape index (κ2) is 6.23. The van der Waals surface area contributed by atoms with Gasteiger partial charge in [-0.05, 0) is 11.1 Å². The van der Waals surface area contributed by atoms with E-state index in [1.807, 2.05) is 35.2 Å². The molecule has 8 heteroatoms. The van der Waals surface area contributed by atoms with Gasteiger partial charge in [0.25, 0.3) is 10.1 Å². The fraction of sp³-hybridized carbons (Fsp3) is 0.500. The van der Waals surface area contributed by atoms with Crippen molar-refractivity contribution >= 4 is 10.1 Å². The van der Waals surface area contributed by atoms with Gasteiger partial charge in [-0.2, -0.15) is 8.42 Å². The van der Waals surface area contributed by atoms with Crippen molar-refractivity contribution in [3.63, 3.8) is 0 Å². The predicted octanol–water partition coefficient (Wildman–Crippen LogP) is 1.53. The summed E-state index contributed by atoms with van der Waals surface area (Å²) < 4.78 is 27.5. The summed E-state index contributed by atoms with van der Waals surface area (Å²) >= 11 is 0. The van der Waals surface area contributed by atoms with Crippen molar-refractivity contribution < 1.29 is 12.6 Å². The van der Waals surface area contributed by atoms with Gasteiger partial charge in [-0.1, -0.05) is 35.4 Å². The van der Waals surface area contributed by atoms with E-state index < -0.39 is 22.3 Å². The van der Waals surface area contributed by atoms with Crippen molar-refractivity contribution in [3.8, 4) is 0 Å². The van der Waals surface area contributed by atoms with Crippen LogP contribution in [0.5, 0.6) is 0 Å². The minimum Gasteiger partial charge on any atom is -0.296 e. The molecule has 0 amide bonds. The quantitative estimate of drug-likeness (QED) is 0.356. The largest absolute Gasteiger partial charge is 0.296 e. The Labute approximate surface area is 117 Å². The van der Waals surface area contributed by atoms with E-state index in [0.717, 1.165) is 11.8 Å². The molecule has 2 atom stereocenters. The number of hydrogen-bond acceptors (Lipinski definition) is 5. The average molecular weight is 296 g/mol. The first-order valence-corrected chi connectivity index (χ1v) is 7.98. The highest BCUT2D eigenvalue weighted by Gasteiger charge is 2.35. The van der Waals surface area contributed by atoms with Crippen LogP contribution in [0.4, 0.5) is 0 Å². The summed E-state index contributed by atoms with van der Waals surface area (Å²) in [6.45, 7) is 1.58. The highest BCUT2D eigenvalue weighted by molar-refractivity contribution is 7.86. The van der Waals surface area contributed by atoms with Crippen LogP contribution in [0.15, 0.2) is 35.4 Å². The lowest BCUT2D eigenvalue weighted by Crippen LogP contribution is -2.28. The highest BCUT2D eigenvalue weighted by atomic mass is 32.2. The van der Waals surface area contributed by atoms with Gasteiger partial charge in [0.05, 0.1) is 18.4 Å². The van der Waals surface area contributed by atoms with Gasteiger partial charge in [0.15, 0.2) is 0 Å². The Balaban J connectivity index is 2.06. The summed E-state index contributed by atoms with van der Waals surface area (Å²) in [5.74, 6) is 0. The highest BCUT2D eigenvalue weighted by Crippen LogP contribution is 2.20. The first kappa shape index (κ1) is 14.8. The van der Waals surface area contributed by atoms with Gasteiger partial charge < -0.3 is 0 Å². The molecular formula is C12H16N4O3S. The maximum Gasteiger partial charge on any atom is 0.264 e. The topological polar surface area (TPSA) is 95.4 Å². The number of benzene rings is 1. The number of hydrogen-bond donors (Lipinski definition) is 0. The Morgan fingerprint density at radius 1 is 1.40 bits per heavy atom. The average Bonchev–Trinajstić information content (AvgIpc) is 2.71. The van der Waals surface area contributed by atoms with E-state index in [1.54, 1.807) is 0 Å². The van der Waals surface area contributed by atoms with Crippen LogP contribution in [0, 0.1) is 0 Å². The SMILES string of the molecule is CS(=O)(=O)OC1CN(Cc2ccccc2)CC1N=[N+]=[N-]. The molecule has 1 aromatic rings. The normalized spacial score (nSPS) is 23.4. The van der Waals surface area contributed by atoms with Crippen molar-refractivity contribution in [2.45, 2.75) is 18.7 Å². The molecule has 2 unspecified atom stereocenters. The van der Waals surface area contributed by atoms with E-state index in [-0.39, 0.29) is 0 Å². The van der Waals surface area contributed by atoms with E-state index in [1.165, 1.54) is 0 Å². The molecule has 20 heavy (non-hydrogen) atoms. The molecule has 1 fully saturated rings. The number of nitrogens with zero attached hydrogens (tertiary/aromatic N) is 4. The number of likely N-dealkylation sites (tertiary alicyclic amines) is 1. The Morgan fingerprint density at radius 3 is 2.70 bits per heavy atom. The molecule has 1 aromatic carbocycles. The van der Waals surface area contributed by atoms with Gasteiger partial charge in [-0.25, -0.2) is 0 Å². The van der Waals surface area contributed by atoms with E-state index in [9.17, 15) is 8.42 Å². The second-order valence-corrected chi connectivity index (χ2v) is 6.39. The van der Waals surface area contributed by atoms with Crippen molar-refractivity contribution in [3.05, 3.63) is 46.3 Å². The summed E-state index contributed by atoms with van der Waals surface area (Å²) in [7, 11) is -3.57. The zero-order valence-electron chi connectivity index (χ0n) is 11.1. The fourth-order valence-electron chi connectivity index (χ4n) is 2.30. The molecule has 7 nitrogen and oxygen atoms in total. The van der Waals surface area contributed by atoms with Gasteiger partial charge >= 0.3 is 0 Å². The third kappa shape index (κ3) is 4.21. The van der Waals surface area contributed by atoms with Crippen LogP contribution >= 0.6 is 0 Å². The molecule has 1 heterocycles. The molecule has 0 bridgehead atoms. The summed E-state index contributed by atoms with van der Waals surface area (Å²) in [5.41, 5.74) is 9.67. The van der Waals surface area contributed by atoms with Crippen molar-refractivity contribution in [2.75, 3.05) is 19.3 Å². The first-order chi connectivity index (χ1) is 9.48. The van der Waals surface area contributed by atoms with E-state index >= 15 is 0 Å². The van der Waals surface area contributed by atoms with Gasteiger partial charge in [0.1, 0.15) is 0 Å². The van der Waals surface area contributed by atoms with Gasteiger partial charge in [-0.3, -0.25) is 9.08 Å². The summed E-state index contributed by atoms with van der Waals surface area (Å²) in [6, 6.07) is 9.33. The molecular weight excluding hydrogens is 280 g/mol. The standard InChI is InChI=1S/C12H16N4O3S/c1-20(17,18)19-12-9-16(8-11(12)14-15-13)7-10-5-3-2-4-6-10/h2-6,11-12H,7-9H2,1H3. The van der Waals surface area contributed by atoms with Gasteiger partial charge in [-0.15, -0.1) is 0 Å². The molecule has 0 saturated carbocycles. The lowest BCUT2D eigenvalue weighted by atomic mass is 10.2.